The van der Waals surface area contributed by atoms with Gasteiger partial charge in [-0.25, -0.2) is 8.42 Å². The number of carbonyl (C=O) groups excluding carboxylic acids is 1. The first-order valence-corrected chi connectivity index (χ1v) is 10.7. The molecule has 1 N–H and O–H groups in total. The zero-order chi connectivity index (χ0) is 19.3. The zero-order valence-corrected chi connectivity index (χ0v) is 16.9. The fourth-order valence-corrected chi connectivity index (χ4v) is 4.07. The van der Waals surface area contributed by atoms with Gasteiger partial charge in [-0.1, -0.05) is 66.5 Å². The molecule has 0 aliphatic rings. The Kier molecular flexibility index (Phi) is 7.09. The molecule has 0 saturated heterocycles. The van der Waals surface area contributed by atoms with Crippen LogP contribution in [0, 0.1) is 0 Å². The van der Waals surface area contributed by atoms with Crippen molar-refractivity contribution < 1.29 is 13.2 Å². The van der Waals surface area contributed by atoms with Crippen LogP contribution < -0.4 is 5.32 Å². The number of benzene rings is 2. The minimum Gasteiger partial charge on any atom is -0.354 e. The van der Waals surface area contributed by atoms with Crippen molar-refractivity contribution >= 4 is 38.9 Å². The van der Waals surface area contributed by atoms with Crippen molar-refractivity contribution in [3.63, 3.8) is 0 Å². The fraction of sp³-hybridized carbons (Fsp3) is 0.316. The Bertz CT molecular complexity index is 870. The van der Waals surface area contributed by atoms with Gasteiger partial charge in [0.15, 0.2) is 9.84 Å². The second-order valence-electron chi connectivity index (χ2n) is 6.25. The van der Waals surface area contributed by atoms with Gasteiger partial charge in [-0.05, 0) is 36.1 Å². The van der Waals surface area contributed by atoms with Crippen LogP contribution in [0.25, 0.3) is 0 Å². The highest BCUT2D eigenvalue weighted by Gasteiger charge is 2.28. The quantitative estimate of drug-likeness (QED) is 0.738. The van der Waals surface area contributed by atoms with E-state index < -0.39 is 21.0 Å². The summed E-state index contributed by atoms with van der Waals surface area (Å²) in [7, 11) is -3.67. The summed E-state index contributed by atoms with van der Waals surface area (Å²) < 4.78 is 25.0. The topological polar surface area (TPSA) is 63.2 Å². The maximum absolute atomic E-state index is 12.5. The molecule has 0 saturated carbocycles. The van der Waals surface area contributed by atoms with E-state index in [1.807, 2.05) is 37.3 Å². The highest BCUT2D eigenvalue weighted by molar-refractivity contribution is 7.92. The van der Waals surface area contributed by atoms with Gasteiger partial charge in [0.2, 0.25) is 5.91 Å². The molecule has 26 heavy (non-hydrogen) atoms. The van der Waals surface area contributed by atoms with Crippen molar-refractivity contribution in [2.45, 2.75) is 30.8 Å². The summed E-state index contributed by atoms with van der Waals surface area (Å²) in [5, 5.41) is 2.22. The summed E-state index contributed by atoms with van der Waals surface area (Å²) in [6.45, 7) is 3.75. The fourth-order valence-electron chi connectivity index (χ4n) is 2.45. The first-order valence-electron chi connectivity index (χ1n) is 8.19. The maximum atomic E-state index is 12.5. The van der Waals surface area contributed by atoms with Crippen molar-refractivity contribution in [1.82, 2.24) is 5.32 Å². The number of hydrogen-bond acceptors (Lipinski definition) is 3. The second-order valence-corrected chi connectivity index (χ2v) is 9.39. The van der Waals surface area contributed by atoms with E-state index in [4.69, 9.17) is 23.2 Å². The van der Waals surface area contributed by atoms with Crippen molar-refractivity contribution in [3.8, 4) is 0 Å². The lowest BCUT2D eigenvalue weighted by atomic mass is 10.0. The van der Waals surface area contributed by atoms with Crippen LogP contribution in [0.3, 0.4) is 0 Å². The lowest BCUT2D eigenvalue weighted by Gasteiger charge is -2.17. The van der Waals surface area contributed by atoms with Gasteiger partial charge in [-0.3, -0.25) is 4.79 Å². The third-order valence-corrected chi connectivity index (χ3v) is 6.98. The van der Waals surface area contributed by atoms with Crippen LogP contribution in [0.4, 0.5) is 0 Å². The molecule has 2 aromatic carbocycles. The first-order chi connectivity index (χ1) is 12.2. The van der Waals surface area contributed by atoms with Crippen LogP contribution >= 0.6 is 23.2 Å². The van der Waals surface area contributed by atoms with Gasteiger partial charge in [0.25, 0.3) is 0 Å². The number of amides is 1. The SMILES string of the molecule is CC(CNC(=O)C(C)S(=O)(=O)Cc1ccc(Cl)c(Cl)c1)c1ccccc1. The Morgan fingerprint density at radius 1 is 1.04 bits per heavy atom. The number of rotatable bonds is 7. The molecule has 140 valence electrons. The highest BCUT2D eigenvalue weighted by Crippen LogP contribution is 2.24. The molecule has 0 aromatic heterocycles. The molecule has 1 amide bonds. The molecule has 2 rings (SSSR count). The summed E-state index contributed by atoms with van der Waals surface area (Å²) in [5.41, 5.74) is 1.58. The predicted molar refractivity (Wildman–Crippen MR) is 106 cm³/mol. The summed E-state index contributed by atoms with van der Waals surface area (Å²) in [5.74, 6) is -0.690. The van der Waals surface area contributed by atoms with E-state index in [-0.39, 0.29) is 16.7 Å². The first kappa shape index (κ1) is 20.7. The molecule has 0 aliphatic carbocycles. The van der Waals surface area contributed by atoms with Crippen LogP contribution in [-0.4, -0.2) is 26.1 Å². The van der Waals surface area contributed by atoms with E-state index >= 15 is 0 Å². The average Bonchev–Trinajstić information content (AvgIpc) is 2.62. The molecular weight excluding hydrogens is 393 g/mol. The zero-order valence-electron chi connectivity index (χ0n) is 14.6. The Balaban J connectivity index is 1.98. The molecule has 0 heterocycles. The van der Waals surface area contributed by atoms with Crippen LogP contribution in [-0.2, 0) is 20.4 Å². The maximum Gasteiger partial charge on any atom is 0.238 e. The van der Waals surface area contributed by atoms with Crippen molar-refractivity contribution in [2.24, 2.45) is 0 Å². The Morgan fingerprint density at radius 2 is 1.69 bits per heavy atom. The molecule has 2 unspecified atom stereocenters. The van der Waals surface area contributed by atoms with Crippen LogP contribution in [0.2, 0.25) is 10.0 Å². The molecular formula is C19H21Cl2NO3S. The van der Waals surface area contributed by atoms with Crippen LogP contribution in [0.5, 0.6) is 0 Å². The lowest BCUT2D eigenvalue weighted by Crippen LogP contribution is -2.39. The van der Waals surface area contributed by atoms with Crippen LogP contribution in [0.15, 0.2) is 48.5 Å². The van der Waals surface area contributed by atoms with Crippen LogP contribution in [0.1, 0.15) is 30.9 Å². The minimum atomic E-state index is -3.67. The van der Waals surface area contributed by atoms with Gasteiger partial charge in [-0.2, -0.15) is 0 Å². The molecule has 0 fully saturated rings. The molecule has 0 radical (unpaired) electrons. The monoisotopic (exact) mass is 413 g/mol. The van der Waals surface area contributed by atoms with E-state index in [2.05, 4.69) is 5.32 Å². The number of halogens is 2. The number of carbonyl (C=O) groups is 1. The van der Waals surface area contributed by atoms with Crippen molar-refractivity contribution in [1.29, 1.82) is 0 Å². The average molecular weight is 414 g/mol. The van der Waals surface area contributed by atoms with Crippen molar-refractivity contribution in [3.05, 3.63) is 69.7 Å². The summed E-state index contributed by atoms with van der Waals surface area (Å²) in [6, 6.07) is 14.4. The number of nitrogens with one attached hydrogen (secondary N) is 1. The normalized spacial score (nSPS) is 13.8. The summed E-state index contributed by atoms with van der Waals surface area (Å²) in [6.07, 6.45) is 0. The van der Waals surface area contributed by atoms with Gasteiger partial charge >= 0.3 is 0 Å². The molecule has 2 atom stereocenters. The molecule has 4 nitrogen and oxygen atoms in total. The standard InChI is InChI=1S/C19H21Cl2NO3S/c1-13(16-6-4-3-5-7-16)11-22-19(23)14(2)26(24,25)12-15-8-9-17(20)18(21)10-15/h3-10,13-14H,11-12H2,1-2H3,(H,22,23). The second kappa shape index (κ2) is 8.89. The van der Waals surface area contributed by atoms with Crippen molar-refractivity contribution in [2.75, 3.05) is 6.54 Å². The Labute approximate surface area is 164 Å². The largest absolute Gasteiger partial charge is 0.354 e. The van der Waals surface area contributed by atoms with E-state index in [0.29, 0.717) is 17.1 Å². The van der Waals surface area contributed by atoms with E-state index in [1.54, 1.807) is 12.1 Å². The van der Waals surface area contributed by atoms with Gasteiger partial charge in [0.1, 0.15) is 5.25 Å². The number of hydrogen-bond donors (Lipinski definition) is 1. The van der Waals surface area contributed by atoms with E-state index in [9.17, 15) is 13.2 Å². The predicted octanol–water partition coefficient (Wildman–Crippen LogP) is 4.22. The third kappa shape index (κ3) is 5.47. The Hall–Kier alpha value is -1.56. The molecule has 2 aromatic rings. The highest BCUT2D eigenvalue weighted by atomic mass is 35.5. The van der Waals surface area contributed by atoms with Gasteiger partial charge in [-0.15, -0.1) is 0 Å². The van der Waals surface area contributed by atoms with Gasteiger partial charge < -0.3 is 5.32 Å². The summed E-state index contributed by atoms with van der Waals surface area (Å²) in [4.78, 5) is 12.3. The Morgan fingerprint density at radius 3 is 2.31 bits per heavy atom. The van der Waals surface area contributed by atoms with E-state index in [1.165, 1.54) is 13.0 Å². The lowest BCUT2D eigenvalue weighted by molar-refractivity contribution is -0.120. The molecule has 0 aliphatic heterocycles. The molecule has 7 heteroatoms. The minimum absolute atomic E-state index is 0.0881. The van der Waals surface area contributed by atoms with Gasteiger partial charge in [0, 0.05) is 6.54 Å². The van der Waals surface area contributed by atoms with Gasteiger partial charge in [0.05, 0.1) is 15.8 Å². The molecule has 0 bridgehead atoms. The third-order valence-electron chi connectivity index (χ3n) is 4.21. The van der Waals surface area contributed by atoms with E-state index in [0.717, 1.165) is 5.56 Å². The summed E-state index contributed by atoms with van der Waals surface area (Å²) >= 11 is 11.8. The number of sulfone groups is 1. The molecule has 0 spiro atoms. The smallest absolute Gasteiger partial charge is 0.238 e.